The number of aromatic nitrogens is 3. The second-order valence-corrected chi connectivity index (χ2v) is 8.49. The van der Waals surface area contributed by atoms with Crippen molar-refractivity contribution < 1.29 is 14.1 Å². The molecule has 0 radical (unpaired) electrons. The summed E-state index contributed by atoms with van der Waals surface area (Å²) in [5.41, 5.74) is 1.60. The molecule has 8 nitrogen and oxygen atoms in total. The first-order chi connectivity index (χ1) is 13.1. The molecule has 1 saturated carbocycles. The number of halogens is 1. The van der Waals surface area contributed by atoms with Crippen LogP contribution >= 0.6 is 11.6 Å². The van der Waals surface area contributed by atoms with Crippen LogP contribution in [0.25, 0.3) is 11.3 Å². The molecule has 28 heavy (non-hydrogen) atoms. The van der Waals surface area contributed by atoms with Gasteiger partial charge in [0, 0.05) is 12.1 Å². The van der Waals surface area contributed by atoms with Gasteiger partial charge in [-0.05, 0) is 53.9 Å². The van der Waals surface area contributed by atoms with Gasteiger partial charge in [0.2, 0.25) is 5.95 Å². The minimum Gasteiger partial charge on any atom is -0.444 e. The summed E-state index contributed by atoms with van der Waals surface area (Å²) in [5.74, 6) is 1.15. The largest absolute Gasteiger partial charge is 0.444 e. The van der Waals surface area contributed by atoms with Crippen molar-refractivity contribution in [2.75, 3.05) is 5.32 Å². The molecule has 2 atom stereocenters. The van der Waals surface area contributed by atoms with Crippen LogP contribution in [0.4, 0.5) is 10.7 Å². The second kappa shape index (κ2) is 7.95. The number of carbonyl (C=O) groups excluding carboxylic acids is 1. The summed E-state index contributed by atoms with van der Waals surface area (Å²) in [7, 11) is 0. The fraction of sp³-hybridized carbons (Fsp3) is 0.579. The van der Waals surface area contributed by atoms with Crippen molar-refractivity contribution >= 4 is 23.6 Å². The molecule has 1 amide bonds. The molecule has 0 saturated heterocycles. The second-order valence-electron chi connectivity index (χ2n) is 8.09. The van der Waals surface area contributed by atoms with Gasteiger partial charge in [-0.2, -0.15) is 0 Å². The maximum atomic E-state index is 11.9. The van der Waals surface area contributed by atoms with Crippen LogP contribution in [0.3, 0.4) is 0 Å². The molecule has 2 aromatic rings. The predicted molar refractivity (Wildman–Crippen MR) is 106 cm³/mol. The molecule has 2 aromatic heterocycles. The lowest BCUT2D eigenvalue weighted by molar-refractivity contribution is 0.0505. The third kappa shape index (κ3) is 4.92. The third-order valence-corrected chi connectivity index (χ3v) is 4.78. The van der Waals surface area contributed by atoms with Crippen molar-refractivity contribution in [2.24, 2.45) is 0 Å². The lowest BCUT2D eigenvalue weighted by Gasteiger charge is -2.21. The molecule has 9 heteroatoms. The van der Waals surface area contributed by atoms with Gasteiger partial charge >= 0.3 is 6.09 Å². The average molecular weight is 408 g/mol. The zero-order chi connectivity index (χ0) is 20.5. The van der Waals surface area contributed by atoms with Gasteiger partial charge < -0.3 is 19.9 Å². The van der Waals surface area contributed by atoms with E-state index in [1.807, 2.05) is 34.6 Å². The Balaban J connectivity index is 1.64. The number of nitrogens with one attached hydrogen (secondary N) is 2. The standard InChI is InChI=1S/C19H26ClN5O3/c1-10-15(11(2)28-25-10)16-14(20)9-21-17(24-16)22-12-6-7-13(8-12)23-18(26)27-19(3,4)5/h9,12-13H,6-8H2,1-5H3,(H,23,26)(H,21,22,24). The van der Waals surface area contributed by atoms with Crippen molar-refractivity contribution in [1.29, 1.82) is 0 Å². The Morgan fingerprint density at radius 2 is 2.00 bits per heavy atom. The number of nitrogens with zero attached hydrogens (tertiary/aromatic N) is 3. The summed E-state index contributed by atoms with van der Waals surface area (Å²) in [5, 5.41) is 10.7. The minimum atomic E-state index is -0.508. The highest BCUT2D eigenvalue weighted by molar-refractivity contribution is 6.33. The number of carbonyl (C=O) groups is 1. The first-order valence-corrected chi connectivity index (χ1v) is 9.72. The Morgan fingerprint density at radius 1 is 1.29 bits per heavy atom. The van der Waals surface area contributed by atoms with E-state index in [0.29, 0.717) is 22.4 Å². The van der Waals surface area contributed by atoms with Crippen LogP contribution in [-0.2, 0) is 4.74 Å². The maximum Gasteiger partial charge on any atom is 0.407 e. The molecule has 0 aliphatic heterocycles. The quantitative estimate of drug-likeness (QED) is 0.780. The van der Waals surface area contributed by atoms with Gasteiger partial charge in [0.1, 0.15) is 11.4 Å². The molecule has 3 rings (SSSR count). The third-order valence-electron chi connectivity index (χ3n) is 4.50. The molecule has 2 heterocycles. The summed E-state index contributed by atoms with van der Waals surface area (Å²) < 4.78 is 10.5. The van der Waals surface area contributed by atoms with E-state index < -0.39 is 5.60 Å². The van der Waals surface area contributed by atoms with Crippen molar-refractivity contribution in [3.8, 4) is 11.3 Å². The molecular weight excluding hydrogens is 382 g/mol. The maximum absolute atomic E-state index is 11.9. The van der Waals surface area contributed by atoms with Crippen molar-refractivity contribution in [1.82, 2.24) is 20.4 Å². The zero-order valence-electron chi connectivity index (χ0n) is 16.8. The van der Waals surface area contributed by atoms with E-state index in [-0.39, 0.29) is 18.2 Å². The highest BCUT2D eigenvalue weighted by Crippen LogP contribution is 2.32. The summed E-state index contributed by atoms with van der Waals surface area (Å²) in [6, 6.07) is 0.209. The zero-order valence-corrected chi connectivity index (χ0v) is 17.6. The Morgan fingerprint density at radius 3 is 2.64 bits per heavy atom. The lowest BCUT2D eigenvalue weighted by atomic mass is 10.1. The van der Waals surface area contributed by atoms with Crippen molar-refractivity contribution in [3.05, 3.63) is 22.7 Å². The Hall–Kier alpha value is -2.35. The fourth-order valence-electron chi connectivity index (χ4n) is 3.33. The molecule has 152 valence electrons. The highest BCUT2D eigenvalue weighted by atomic mass is 35.5. The molecule has 1 aliphatic rings. The number of ether oxygens (including phenoxy) is 1. The van der Waals surface area contributed by atoms with E-state index >= 15 is 0 Å². The lowest BCUT2D eigenvalue weighted by Crippen LogP contribution is -2.38. The van der Waals surface area contributed by atoms with E-state index in [4.69, 9.17) is 20.9 Å². The topological polar surface area (TPSA) is 102 Å². The van der Waals surface area contributed by atoms with Crippen molar-refractivity contribution in [3.63, 3.8) is 0 Å². The Bertz CT molecular complexity index is 842. The van der Waals surface area contributed by atoms with Crippen LogP contribution in [0.1, 0.15) is 51.5 Å². The van der Waals surface area contributed by atoms with Crippen LogP contribution in [-0.4, -0.2) is 38.9 Å². The van der Waals surface area contributed by atoms with Gasteiger partial charge in [0.25, 0.3) is 0 Å². The van der Waals surface area contributed by atoms with Crippen LogP contribution in [0.15, 0.2) is 10.7 Å². The van der Waals surface area contributed by atoms with Gasteiger partial charge in [-0.1, -0.05) is 16.8 Å². The Labute approximate surface area is 169 Å². The number of rotatable bonds is 4. The van der Waals surface area contributed by atoms with Crippen LogP contribution in [0, 0.1) is 13.8 Å². The first kappa shape index (κ1) is 20.4. The highest BCUT2D eigenvalue weighted by Gasteiger charge is 2.28. The van der Waals surface area contributed by atoms with E-state index in [1.165, 1.54) is 0 Å². The van der Waals surface area contributed by atoms with Gasteiger partial charge in [0.15, 0.2) is 0 Å². The fourth-order valence-corrected chi connectivity index (χ4v) is 3.52. The smallest absolute Gasteiger partial charge is 0.407 e. The average Bonchev–Trinajstić information content (AvgIpc) is 3.14. The van der Waals surface area contributed by atoms with Gasteiger partial charge in [-0.15, -0.1) is 0 Å². The van der Waals surface area contributed by atoms with Crippen LogP contribution in [0.5, 0.6) is 0 Å². The van der Waals surface area contributed by atoms with Crippen molar-refractivity contribution in [2.45, 2.75) is 71.6 Å². The van der Waals surface area contributed by atoms with E-state index in [1.54, 1.807) is 6.20 Å². The number of hydrogen-bond donors (Lipinski definition) is 2. The summed E-state index contributed by atoms with van der Waals surface area (Å²) in [6.07, 6.45) is 3.71. The number of anilines is 1. The van der Waals surface area contributed by atoms with E-state index in [2.05, 4.69) is 25.8 Å². The molecule has 0 bridgehead atoms. The monoisotopic (exact) mass is 407 g/mol. The molecule has 0 spiro atoms. The predicted octanol–water partition coefficient (Wildman–Crippen LogP) is 4.26. The molecule has 2 unspecified atom stereocenters. The van der Waals surface area contributed by atoms with Crippen LogP contribution < -0.4 is 10.6 Å². The number of aryl methyl sites for hydroxylation is 2. The van der Waals surface area contributed by atoms with E-state index in [9.17, 15) is 4.79 Å². The van der Waals surface area contributed by atoms with Gasteiger partial charge in [-0.3, -0.25) is 0 Å². The summed E-state index contributed by atoms with van der Waals surface area (Å²) in [4.78, 5) is 20.8. The Kier molecular flexibility index (Phi) is 5.79. The number of alkyl carbamates (subject to hydrolysis) is 1. The van der Waals surface area contributed by atoms with Crippen LogP contribution in [0.2, 0.25) is 5.02 Å². The molecular formula is C19H26ClN5O3. The van der Waals surface area contributed by atoms with E-state index in [0.717, 1.165) is 30.5 Å². The van der Waals surface area contributed by atoms with Gasteiger partial charge in [0.05, 0.1) is 28.2 Å². The molecule has 2 N–H and O–H groups in total. The minimum absolute atomic E-state index is 0.0571. The number of hydrogen-bond acceptors (Lipinski definition) is 7. The normalized spacial score (nSPS) is 19.5. The first-order valence-electron chi connectivity index (χ1n) is 9.34. The molecule has 1 fully saturated rings. The summed E-state index contributed by atoms with van der Waals surface area (Å²) >= 11 is 6.30. The SMILES string of the molecule is Cc1noc(C)c1-c1nc(NC2CCC(NC(=O)OC(C)(C)C)C2)ncc1Cl. The van der Waals surface area contributed by atoms with Gasteiger partial charge in [-0.25, -0.2) is 14.8 Å². The molecule has 0 aromatic carbocycles. The summed E-state index contributed by atoms with van der Waals surface area (Å²) in [6.45, 7) is 9.21. The molecule has 1 aliphatic carbocycles. The number of amides is 1.